The van der Waals surface area contributed by atoms with Crippen LogP contribution in [0.5, 0.6) is 11.5 Å². The fraction of sp³-hybridized carbons (Fsp3) is 0.567. The summed E-state index contributed by atoms with van der Waals surface area (Å²) in [5.74, 6) is 2.17. The quantitative estimate of drug-likeness (QED) is 0.436. The summed E-state index contributed by atoms with van der Waals surface area (Å²) in [7, 11) is 1.68. The lowest BCUT2D eigenvalue weighted by atomic mass is 9.99. The molecule has 2 aromatic rings. The number of benzene rings is 2. The molecule has 0 aromatic heterocycles. The first-order chi connectivity index (χ1) is 17.5. The molecule has 6 heteroatoms. The molecule has 2 aliphatic rings. The minimum atomic E-state index is 0.0990. The van der Waals surface area contributed by atoms with Gasteiger partial charge in [0.1, 0.15) is 11.5 Å². The van der Waals surface area contributed by atoms with Crippen molar-refractivity contribution < 1.29 is 14.3 Å². The fourth-order valence-corrected chi connectivity index (χ4v) is 5.37. The molecular weight excluding hydrogens is 450 g/mol. The molecule has 0 bridgehead atoms. The van der Waals surface area contributed by atoms with Gasteiger partial charge in [-0.3, -0.25) is 4.79 Å². The van der Waals surface area contributed by atoms with Crippen LogP contribution < -0.4 is 14.4 Å². The van der Waals surface area contributed by atoms with Crippen molar-refractivity contribution in [3.05, 3.63) is 53.6 Å². The molecule has 2 saturated heterocycles. The Hall–Kier alpha value is -2.73. The van der Waals surface area contributed by atoms with E-state index in [2.05, 4.69) is 54.8 Å². The average Bonchev–Trinajstić information content (AvgIpc) is 2.91. The summed E-state index contributed by atoms with van der Waals surface area (Å²) in [6.07, 6.45) is 5.09. The molecule has 2 fully saturated rings. The lowest BCUT2D eigenvalue weighted by Gasteiger charge is -2.36. The second kappa shape index (κ2) is 12.5. The average molecular weight is 494 g/mol. The Labute approximate surface area is 217 Å². The molecular formula is C30H43N3O3. The minimum absolute atomic E-state index is 0.0990. The maximum atomic E-state index is 13.2. The highest BCUT2D eigenvalue weighted by molar-refractivity contribution is 5.94. The molecule has 36 heavy (non-hydrogen) atoms. The molecule has 1 unspecified atom stereocenters. The van der Waals surface area contributed by atoms with E-state index in [1.165, 1.54) is 31.5 Å². The van der Waals surface area contributed by atoms with Crippen molar-refractivity contribution in [2.45, 2.75) is 58.4 Å². The fourth-order valence-electron chi connectivity index (χ4n) is 5.37. The molecule has 1 amide bonds. The molecule has 0 aliphatic carbocycles. The molecule has 6 nitrogen and oxygen atoms in total. The van der Waals surface area contributed by atoms with Crippen molar-refractivity contribution in [1.82, 2.24) is 9.80 Å². The lowest BCUT2D eigenvalue weighted by molar-refractivity contribution is 0.0746. The summed E-state index contributed by atoms with van der Waals surface area (Å²) in [6, 6.07) is 14.9. The van der Waals surface area contributed by atoms with Gasteiger partial charge in [-0.2, -0.15) is 0 Å². The van der Waals surface area contributed by atoms with Gasteiger partial charge in [0.2, 0.25) is 0 Å². The summed E-state index contributed by atoms with van der Waals surface area (Å²) in [6.45, 7) is 12.8. The number of rotatable bonds is 9. The summed E-state index contributed by atoms with van der Waals surface area (Å²) in [5.41, 5.74) is 3.00. The maximum absolute atomic E-state index is 13.2. The van der Waals surface area contributed by atoms with Crippen molar-refractivity contribution >= 4 is 11.6 Å². The Bertz CT molecular complexity index is 983. The van der Waals surface area contributed by atoms with Crippen LogP contribution in [-0.4, -0.2) is 74.7 Å². The van der Waals surface area contributed by atoms with Crippen LogP contribution in [0.3, 0.4) is 0 Å². The van der Waals surface area contributed by atoms with Gasteiger partial charge >= 0.3 is 0 Å². The lowest BCUT2D eigenvalue weighted by Crippen LogP contribution is -2.48. The van der Waals surface area contributed by atoms with Gasteiger partial charge in [-0.25, -0.2) is 0 Å². The van der Waals surface area contributed by atoms with Crippen LogP contribution in [0.4, 0.5) is 5.69 Å². The maximum Gasteiger partial charge on any atom is 0.253 e. The van der Waals surface area contributed by atoms with E-state index in [0.717, 1.165) is 68.4 Å². The Morgan fingerprint density at radius 3 is 2.42 bits per heavy atom. The van der Waals surface area contributed by atoms with Gasteiger partial charge in [0.25, 0.3) is 5.91 Å². The van der Waals surface area contributed by atoms with E-state index in [1.54, 1.807) is 7.11 Å². The first-order valence-electron chi connectivity index (χ1n) is 13.7. The van der Waals surface area contributed by atoms with Crippen LogP contribution in [-0.2, 0) is 0 Å². The second-order valence-electron chi connectivity index (χ2n) is 10.5. The smallest absolute Gasteiger partial charge is 0.253 e. The molecule has 2 aromatic carbocycles. The molecule has 1 atom stereocenters. The van der Waals surface area contributed by atoms with Crippen LogP contribution >= 0.6 is 0 Å². The zero-order valence-corrected chi connectivity index (χ0v) is 22.5. The number of hydrogen-bond donors (Lipinski definition) is 0. The van der Waals surface area contributed by atoms with Crippen molar-refractivity contribution in [1.29, 1.82) is 0 Å². The van der Waals surface area contributed by atoms with Gasteiger partial charge in [0.05, 0.1) is 13.7 Å². The topological polar surface area (TPSA) is 45.3 Å². The molecule has 0 radical (unpaired) electrons. The van der Waals surface area contributed by atoms with E-state index < -0.39 is 0 Å². The third kappa shape index (κ3) is 6.52. The van der Waals surface area contributed by atoms with E-state index in [0.29, 0.717) is 12.0 Å². The Morgan fingerprint density at radius 2 is 1.75 bits per heavy atom. The number of carbonyl (C=O) groups excluding carboxylic acids is 1. The molecule has 2 aliphatic heterocycles. The zero-order chi connectivity index (χ0) is 25.5. The summed E-state index contributed by atoms with van der Waals surface area (Å²) >= 11 is 0. The third-order valence-corrected chi connectivity index (χ3v) is 7.67. The van der Waals surface area contributed by atoms with Gasteiger partial charge in [-0.15, -0.1) is 0 Å². The third-order valence-electron chi connectivity index (χ3n) is 7.67. The van der Waals surface area contributed by atoms with Crippen LogP contribution in [0.2, 0.25) is 0 Å². The van der Waals surface area contributed by atoms with E-state index >= 15 is 0 Å². The number of anilines is 1. The van der Waals surface area contributed by atoms with Crippen LogP contribution in [0, 0.1) is 0 Å². The molecule has 0 spiro atoms. The van der Waals surface area contributed by atoms with E-state index in [-0.39, 0.29) is 5.91 Å². The highest BCUT2D eigenvalue weighted by atomic mass is 16.5. The van der Waals surface area contributed by atoms with Crippen LogP contribution in [0.1, 0.15) is 68.3 Å². The van der Waals surface area contributed by atoms with E-state index in [1.807, 2.05) is 23.1 Å². The molecule has 0 N–H and O–H groups in total. The number of methoxy groups -OCH3 is 1. The predicted octanol–water partition coefficient (Wildman–Crippen LogP) is 5.42. The highest BCUT2D eigenvalue weighted by Crippen LogP contribution is 2.28. The SMILES string of the molecule is COc1ccc(C(=O)N2CCN(c3ccc(OCCCN4CCCCC4C)cc3)CC2)cc1C(C)C. The Balaban J connectivity index is 1.23. The monoisotopic (exact) mass is 493 g/mol. The number of piperazine rings is 1. The van der Waals surface area contributed by atoms with Gasteiger partial charge < -0.3 is 24.2 Å². The predicted molar refractivity (Wildman–Crippen MR) is 147 cm³/mol. The number of amides is 1. The number of piperidine rings is 1. The summed E-state index contributed by atoms with van der Waals surface area (Å²) in [5, 5.41) is 0. The van der Waals surface area contributed by atoms with Crippen LogP contribution in [0.25, 0.3) is 0 Å². The largest absolute Gasteiger partial charge is 0.496 e. The first kappa shape index (κ1) is 26.3. The standard InChI is InChI=1S/C30H43N3O3/c1-23(2)28-22-25(9-14-29(28)35-4)30(34)33-19-17-32(18-20-33)26-10-12-27(13-11-26)36-21-7-16-31-15-6-5-8-24(31)3/h9-14,22-24H,5-8,15-21H2,1-4H3. The number of ether oxygens (including phenoxy) is 2. The molecule has 2 heterocycles. The van der Waals surface area contributed by atoms with E-state index in [4.69, 9.17) is 9.47 Å². The summed E-state index contributed by atoms with van der Waals surface area (Å²) < 4.78 is 11.5. The summed E-state index contributed by atoms with van der Waals surface area (Å²) in [4.78, 5) is 20.1. The molecule has 196 valence electrons. The van der Waals surface area contributed by atoms with Gasteiger partial charge in [0, 0.05) is 50.0 Å². The van der Waals surface area contributed by atoms with Crippen molar-refractivity contribution in [2.24, 2.45) is 0 Å². The highest BCUT2D eigenvalue weighted by Gasteiger charge is 2.23. The number of hydrogen-bond acceptors (Lipinski definition) is 5. The first-order valence-corrected chi connectivity index (χ1v) is 13.7. The van der Waals surface area contributed by atoms with Crippen molar-refractivity contribution in [3.63, 3.8) is 0 Å². The normalized spacial score (nSPS) is 19.0. The van der Waals surface area contributed by atoms with Gasteiger partial charge in [0.15, 0.2) is 0 Å². The van der Waals surface area contributed by atoms with Crippen molar-refractivity contribution in [2.75, 3.05) is 57.9 Å². The van der Waals surface area contributed by atoms with Gasteiger partial charge in [-0.1, -0.05) is 20.3 Å². The Kier molecular flexibility index (Phi) is 9.13. The molecule has 0 saturated carbocycles. The minimum Gasteiger partial charge on any atom is -0.496 e. The number of carbonyl (C=O) groups is 1. The van der Waals surface area contributed by atoms with Crippen molar-refractivity contribution in [3.8, 4) is 11.5 Å². The molecule has 4 rings (SSSR count). The van der Waals surface area contributed by atoms with Gasteiger partial charge in [-0.05, 0) is 86.7 Å². The zero-order valence-electron chi connectivity index (χ0n) is 22.5. The van der Waals surface area contributed by atoms with Crippen LogP contribution in [0.15, 0.2) is 42.5 Å². The van der Waals surface area contributed by atoms with E-state index in [9.17, 15) is 4.79 Å². The number of likely N-dealkylation sites (tertiary alicyclic amines) is 1. The number of nitrogens with zero attached hydrogens (tertiary/aromatic N) is 3. The Morgan fingerprint density at radius 1 is 1.00 bits per heavy atom. The second-order valence-corrected chi connectivity index (χ2v) is 10.5.